The zero-order valence-electron chi connectivity index (χ0n) is 19.7. The molecule has 14 nitrogen and oxygen atoms in total. The van der Waals surface area contributed by atoms with Gasteiger partial charge >= 0.3 is 5.97 Å². The summed E-state index contributed by atoms with van der Waals surface area (Å²) in [6.45, 7) is 0.622. The van der Waals surface area contributed by atoms with E-state index in [1.165, 1.54) is 0 Å². The Morgan fingerprint density at radius 3 is 2.00 bits per heavy atom. The first-order valence-electron chi connectivity index (χ1n) is 11.6. The molecule has 4 unspecified atom stereocenters. The molecular formula is C21H37N7O7. The second-order valence-corrected chi connectivity index (χ2v) is 8.55. The van der Waals surface area contributed by atoms with Gasteiger partial charge in [-0.25, -0.2) is 4.79 Å². The predicted molar refractivity (Wildman–Crippen MR) is 124 cm³/mol. The Kier molecular flexibility index (Phi) is 12.7. The van der Waals surface area contributed by atoms with E-state index in [2.05, 4.69) is 10.6 Å². The fourth-order valence-corrected chi connectivity index (χ4v) is 3.78. The lowest BCUT2D eigenvalue weighted by Crippen LogP contribution is -2.57. The average molecular weight is 500 g/mol. The second-order valence-electron chi connectivity index (χ2n) is 8.55. The van der Waals surface area contributed by atoms with Gasteiger partial charge in [-0.3, -0.25) is 24.0 Å². The number of aliphatic carboxylic acids is 1. The van der Waals surface area contributed by atoms with Crippen molar-refractivity contribution in [1.29, 1.82) is 0 Å². The zero-order valence-corrected chi connectivity index (χ0v) is 19.7. The molecule has 0 radical (unpaired) electrons. The number of rotatable bonds is 16. The first-order chi connectivity index (χ1) is 16.5. The number of nitrogens with one attached hydrogen (secondary N) is 2. The largest absolute Gasteiger partial charge is 0.480 e. The molecule has 0 bridgehead atoms. The predicted octanol–water partition coefficient (Wildman–Crippen LogP) is -2.98. The molecular weight excluding hydrogens is 462 g/mol. The van der Waals surface area contributed by atoms with Crippen LogP contribution in [0.3, 0.4) is 0 Å². The summed E-state index contributed by atoms with van der Waals surface area (Å²) in [6, 6.07) is -4.47. The first-order valence-corrected chi connectivity index (χ1v) is 11.6. The molecule has 35 heavy (non-hydrogen) atoms. The van der Waals surface area contributed by atoms with E-state index in [0.29, 0.717) is 32.2 Å². The van der Waals surface area contributed by atoms with Crippen LogP contribution < -0.4 is 33.6 Å². The minimum Gasteiger partial charge on any atom is -0.480 e. The minimum absolute atomic E-state index is 0.152. The van der Waals surface area contributed by atoms with E-state index in [1.807, 2.05) is 0 Å². The topological polar surface area (TPSA) is 254 Å². The number of carbonyl (C=O) groups is 6. The highest BCUT2D eigenvalue weighted by molar-refractivity contribution is 5.94. The maximum Gasteiger partial charge on any atom is 0.326 e. The van der Waals surface area contributed by atoms with Crippen LogP contribution in [0.5, 0.6) is 0 Å². The van der Waals surface area contributed by atoms with Crippen molar-refractivity contribution >= 4 is 35.5 Å². The van der Waals surface area contributed by atoms with E-state index in [9.17, 15) is 33.9 Å². The molecule has 0 aromatic rings. The Labute approximate surface area is 203 Å². The third-order valence-electron chi connectivity index (χ3n) is 5.73. The molecule has 1 rings (SSSR count). The number of primary amides is 2. The van der Waals surface area contributed by atoms with Crippen LogP contribution in [0, 0.1) is 0 Å². The molecule has 11 N–H and O–H groups in total. The quantitative estimate of drug-likeness (QED) is 0.107. The molecule has 0 aromatic carbocycles. The number of hydrogen-bond acceptors (Lipinski definition) is 8. The van der Waals surface area contributed by atoms with Crippen LogP contribution in [-0.2, 0) is 28.8 Å². The van der Waals surface area contributed by atoms with Gasteiger partial charge in [0, 0.05) is 19.4 Å². The normalized spacial score (nSPS) is 17.8. The van der Waals surface area contributed by atoms with Gasteiger partial charge in [0.2, 0.25) is 29.5 Å². The lowest BCUT2D eigenvalue weighted by molar-refractivity contribution is -0.149. The lowest BCUT2D eigenvalue weighted by Gasteiger charge is -2.29. The third kappa shape index (κ3) is 10.3. The third-order valence-corrected chi connectivity index (χ3v) is 5.73. The van der Waals surface area contributed by atoms with Crippen molar-refractivity contribution in [3.8, 4) is 0 Å². The molecule has 0 aliphatic carbocycles. The number of nitrogens with zero attached hydrogens (tertiary/aromatic N) is 1. The van der Waals surface area contributed by atoms with E-state index >= 15 is 0 Å². The van der Waals surface area contributed by atoms with Crippen LogP contribution in [0.1, 0.15) is 57.8 Å². The summed E-state index contributed by atoms with van der Waals surface area (Å²) in [5, 5.41) is 14.3. The molecule has 1 fully saturated rings. The van der Waals surface area contributed by atoms with E-state index < -0.39 is 59.7 Å². The molecule has 4 atom stereocenters. The monoisotopic (exact) mass is 499 g/mol. The van der Waals surface area contributed by atoms with Crippen LogP contribution >= 0.6 is 0 Å². The number of likely N-dealkylation sites (tertiary alicyclic amines) is 1. The smallest absolute Gasteiger partial charge is 0.326 e. The van der Waals surface area contributed by atoms with Crippen LogP contribution in [0.25, 0.3) is 0 Å². The zero-order chi connectivity index (χ0) is 26.5. The van der Waals surface area contributed by atoms with Crippen molar-refractivity contribution < 1.29 is 33.9 Å². The van der Waals surface area contributed by atoms with Crippen molar-refractivity contribution in [3.05, 3.63) is 0 Å². The summed E-state index contributed by atoms with van der Waals surface area (Å²) < 4.78 is 0. The molecule has 1 saturated heterocycles. The number of hydrogen-bond donors (Lipinski definition) is 7. The Morgan fingerprint density at radius 2 is 1.46 bits per heavy atom. The van der Waals surface area contributed by atoms with Gasteiger partial charge in [0.25, 0.3) is 0 Å². The summed E-state index contributed by atoms with van der Waals surface area (Å²) in [5.74, 6) is -4.70. The van der Waals surface area contributed by atoms with Gasteiger partial charge in [0.15, 0.2) is 0 Å². The van der Waals surface area contributed by atoms with Gasteiger partial charge in [0.05, 0.1) is 6.04 Å². The summed E-state index contributed by atoms with van der Waals surface area (Å²) in [6.07, 6.45) is 1.55. The van der Waals surface area contributed by atoms with Crippen molar-refractivity contribution in [3.63, 3.8) is 0 Å². The molecule has 1 aliphatic rings. The number of unbranched alkanes of at least 4 members (excludes halogenated alkanes) is 1. The Bertz CT molecular complexity index is 792. The van der Waals surface area contributed by atoms with Gasteiger partial charge in [-0.1, -0.05) is 6.42 Å². The van der Waals surface area contributed by atoms with Crippen LogP contribution in [0.4, 0.5) is 0 Å². The SMILES string of the molecule is NCCCCC(N)C(=O)NC(CCC(N)=O)C(=O)NC(CCC(N)=O)C(=O)N1CCCC1C(=O)O. The van der Waals surface area contributed by atoms with E-state index in [-0.39, 0.29) is 38.6 Å². The van der Waals surface area contributed by atoms with Crippen molar-refractivity contribution in [2.45, 2.75) is 82.0 Å². The number of nitrogens with two attached hydrogens (primary N) is 4. The van der Waals surface area contributed by atoms with Gasteiger partial charge in [-0.05, 0) is 45.1 Å². The average Bonchev–Trinajstić information content (AvgIpc) is 3.28. The van der Waals surface area contributed by atoms with E-state index in [4.69, 9.17) is 22.9 Å². The number of carbonyl (C=O) groups excluding carboxylic acids is 5. The highest BCUT2D eigenvalue weighted by Crippen LogP contribution is 2.19. The lowest BCUT2D eigenvalue weighted by atomic mass is 10.0. The highest BCUT2D eigenvalue weighted by atomic mass is 16.4. The van der Waals surface area contributed by atoms with E-state index in [0.717, 1.165) is 4.90 Å². The minimum atomic E-state index is -1.26. The van der Waals surface area contributed by atoms with Gasteiger partial charge in [-0.2, -0.15) is 0 Å². The van der Waals surface area contributed by atoms with Gasteiger partial charge in [0.1, 0.15) is 18.1 Å². The standard InChI is InChI=1S/C21H37N7O7/c22-10-2-1-4-12(23)18(31)26-13(6-8-16(24)29)19(32)27-14(7-9-17(25)30)20(33)28-11-3-5-15(28)21(34)35/h12-15H,1-11,22-23H2,(H2,24,29)(H2,25,30)(H,26,31)(H,27,32)(H,34,35). The number of amides is 5. The number of carboxylic acid groups (broad SMARTS) is 1. The molecule has 0 spiro atoms. The Balaban J connectivity index is 2.99. The molecule has 1 heterocycles. The second kappa shape index (κ2) is 14.9. The molecule has 198 valence electrons. The summed E-state index contributed by atoms with van der Waals surface area (Å²) in [7, 11) is 0. The highest BCUT2D eigenvalue weighted by Gasteiger charge is 2.38. The maximum atomic E-state index is 13.1. The molecule has 0 aromatic heterocycles. The summed E-state index contributed by atoms with van der Waals surface area (Å²) in [5.41, 5.74) is 21.7. The van der Waals surface area contributed by atoms with Crippen LogP contribution in [0.15, 0.2) is 0 Å². The first kappa shape index (κ1) is 29.8. The summed E-state index contributed by atoms with van der Waals surface area (Å²) >= 11 is 0. The van der Waals surface area contributed by atoms with Crippen molar-refractivity contribution in [2.24, 2.45) is 22.9 Å². The van der Waals surface area contributed by atoms with Crippen LogP contribution in [-0.4, -0.2) is 82.8 Å². The fourth-order valence-electron chi connectivity index (χ4n) is 3.78. The molecule has 14 heteroatoms. The van der Waals surface area contributed by atoms with E-state index in [1.54, 1.807) is 0 Å². The molecule has 1 aliphatic heterocycles. The summed E-state index contributed by atoms with van der Waals surface area (Å²) in [4.78, 5) is 73.8. The Morgan fingerprint density at radius 1 is 0.886 bits per heavy atom. The Hall–Kier alpha value is -3.26. The fraction of sp³-hybridized carbons (Fsp3) is 0.714. The van der Waals surface area contributed by atoms with Gasteiger partial charge < -0.3 is 43.6 Å². The van der Waals surface area contributed by atoms with Gasteiger partial charge in [-0.15, -0.1) is 0 Å². The molecule has 5 amide bonds. The van der Waals surface area contributed by atoms with Crippen LogP contribution in [0.2, 0.25) is 0 Å². The van der Waals surface area contributed by atoms with Crippen molar-refractivity contribution in [2.75, 3.05) is 13.1 Å². The molecule has 0 saturated carbocycles. The maximum absolute atomic E-state index is 13.1. The van der Waals surface area contributed by atoms with Crippen molar-refractivity contribution in [1.82, 2.24) is 15.5 Å². The number of carboxylic acids is 1.